The van der Waals surface area contributed by atoms with Crippen molar-refractivity contribution in [3.63, 3.8) is 0 Å². The van der Waals surface area contributed by atoms with Crippen molar-refractivity contribution in [3.8, 4) is 0 Å². The second-order valence-electron chi connectivity index (χ2n) is 5.24. The van der Waals surface area contributed by atoms with E-state index in [0.29, 0.717) is 25.7 Å². The van der Waals surface area contributed by atoms with E-state index >= 15 is 0 Å². The predicted octanol–water partition coefficient (Wildman–Crippen LogP) is 4.58. The highest BCUT2D eigenvalue weighted by atomic mass is 19.1. The summed E-state index contributed by atoms with van der Waals surface area (Å²) in [6, 6.07) is 6.40. The van der Waals surface area contributed by atoms with Gasteiger partial charge in [-0.25, -0.2) is 9.78 Å². The molecule has 0 fully saturated rings. The molecule has 1 aromatic carbocycles. The van der Waals surface area contributed by atoms with Gasteiger partial charge in [0.05, 0.1) is 13.3 Å². The van der Waals surface area contributed by atoms with Crippen LogP contribution in [0.4, 0.5) is 10.1 Å². The summed E-state index contributed by atoms with van der Waals surface area (Å²) in [6.45, 7) is 6.97. The summed E-state index contributed by atoms with van der Waals surface area (Å²) in [5.74, 6) is 0.504. The lowest BCUT2D eigenvalue weighted by molar-refractivity contribution is -0.289. The van der Waals surface area contributed by atoms with Crippen LogP contribution in [0.15, 0.2) is 18.2 Å². The molecule has 0 spiro atoms. The minimum atomic E-state index is -0.256. The van der Waals surface area contributed by atoms with Crippen LogP contribution >= 0.6 is 0 Å². The van der Waals surface area contributed by atoms with Crippen molar-refractivity contribution in [2.24, 2.45) is 0 Å². The standard InChI is InChI=1S/C16H26FNO2/c1-13(2)15-8-7-14(3)16(11-15)18-12-20-19-10-6-4-5-9-17/h7-8,11,13,18H,4-6,9-10,12H2,1-3H3. The van der Waals surface area contributed by atoms with Crippen molar-refractivity contribution < 1.29 is 14.2 Å². The van der Waals surface area contributed by atoms with E-state index in [-0.39, 0.29) is 6.67 Å². The summed E-state index contributed by atoms with van der Waals surface area (Å²) in [4.78, 5) is 10.1. The highest BCUT2D eigenvalue weighted by molar-refractivity contribution is 5.52. The highest BCUT2D eigenvalue weighted by Gasteiger charge is 2.03. The van der Waals surface area contributed by atoms with Crippen LogP contribution in [-0.4, -0.2) is 20.0 Å². The Kier molecular flexibility index (Phi) is 8.23. The Morgan fingerprint density at radius 3 is 2.65 bits per heavy atom. The Morgan fingerprint density at radius 2 is 1.95 bits per heavy atom. The van der Waals surface area contributed by atoms with Gasteiger partial charge in [-0.1, -0.05) is 26.0 Å². The first-order valence-corrected chi connectivity index (χ1v) is 7.30. The zero-order valence-electron chi connectivity index (χ0n) is 12.7. The van der Waals surface area contributed by atoms with Crippen LogP contribution in [-0.2, 0) is 9.78 Å². The monoisotopic (exact) mass is 283 g/mol. The van der Waals surface area contributed by atoms with E-state index in [2.05, 4.69) is 44.3 Å². The fraction of sp³-hybridized carbons (Fsp3) is 0.625. The lowest BCUT2D eigenvalue weighted by Gasteiger charge is -2.13. The number of anilines is 1. The van der Waals surface area contributed by atoms with Crippen LogP contribution in [0.1, 0.15) is 50.2 Å². The molecular weight excluding hydrogens is 257 g/mol. The molecular formula is C16H26FNO2. The minimum Gasteiger partial charge on any atom is -0.360 e. The Bertz CT molecular complexity index is 383. The Balaban J connectivity index is 2.23. The summed E-state index contributed by atoms with van der Waals surface area (Å²) in [5.41, 5.74) is 3.54. The summed E-state index contributed by atoms with van der Waals surface area (Å²) < 4.78 is 11.9. The fourth-order valence-corrected chi connectivity index (χ4v) is 1.83. The molecule has 20 heavy (non-hydrogen) atoms. The predicted molar refractivity (Wildman–Crippen MR) is 80.6 cm³/mol. The molecule has 0 bridgehead atoms. The summed E-state index contributed by atoms with van der Waals surface area (Å²) in [7, 11) is 0. The van der Waals surface area contributed by atoms with Crippen LogP contribution < -0.4 is 5.32 Å². The van der Waals surface area contributed by atoms with Gasteiger partial charge in [0.25, 0.3) is 0 Å². The summed E-state index contributed by atoms with van der Waals surface area (Å²) in [6.07, 6.45) is 2.26. The number of rotatable bonds is 10. The largest absolute Gasteiger partial charge is 0.360 e. The number of halogens is 1. The normalized spacial score (nSPS) is 11.1. The van der Waals surface area contributed by atoms with E-state index in [4.69, 9.17) is 9.78 Å². The third-order valence-electron chi connectivity index (χ3n) is 3.19. The molecule has 114 valence electrons. The number of nitrogens with one attached hydrogen (secondary N) is 1. The first-order valence-electron chi connectivity index (χ1n) is 7.30. The Labute approximate surface area is 121 Å². The SMILES string of the molecule is Cc1ccc(C(C)C)cc1NCOOCCCCCF. The zero-order chi connectivity index (χ0) is 14.8. The molecule has 0 saturated heterocycles. The van der Waals surface area contributed by atoms with Crippen LogP contribution in [0.3, 0.4) is 0 Å². The topological polar surface area (TPSA) is 30.5 Å². The minimum absolute atomic E-state index is 0.256. The Morgan fingerprint density at radius 1 is 1.15 bits per heavy atom. The van der Waals surface area contributed by atoms with Crippen LogP contribution in [0.5, 0.6) is 0 Å². The molecule has 0 amide bonds. The highest BCUT2D eigenvalue weighted by Crippen LogP contribution is 2.22. The van der Waals surface area contributed by atoms with Gasteiger partial charge in [-0.2, -0.15) is 0 Å². The van der Waals surface area contributed by atoms with E-state index < -0.39 is 0 Å². The van der Waals surface area contributed by atoms with E-state index in [1.54, 1.807) is 0 Å². The first kappa shape index (κ1) is 16.9. The number of hydrogen-bond donors (Lipinski definition) is 1. The van der Waals surface area contributed by atoms with Crippen LogP contribution in [0.2, 0.25) is 0 Å². The van der Waals surface area contributed by atoms with Crippen molar-refractivity contribution in [1.82, 2.24) is 0 Å². The van der Waals surface area contributed by atoms with Crippen LogP contribution in [0, 0.1) is 6.92 Å². The molecule has 0 aromatic heterocycles. The lowest BCUT2D eigenvalue weighted by Crippen LogP contribution is -2.09. The third kappa shape index (κ3) is 6.35. The van der Waals surface area contributed by atoms with Gasteiger partial charge in [0.2, 0.25) is 0 Å². The maximum atomic E-state index is 11.9. The van der Waals surface area contributed by atoms with Crippen molar-refractivity contribution in [1.29, 1.82) is 0 Å². The summed E-state index contributed by atoms with van der Waals surface area (Å²) >= 11 is 0. The van der Waals surface area contributed by atoms with Crippen molar-refractivity contribution in [2.75, 3.05) is 25.3 Å². The van der Waals surface area contributed by atoms with Crippen molar-refractivity contribution in [3.05, 3.63) is 29.3 Å². The lowest BCUT2D eigenvalue weighted by atomic mass is 10.0. The van der Waals surface area contributed by atoms with Gasteiger partial charge in [-0.05, 0) is 49.3 Å². The van der Waals surface area contributed by atoms with Gasteiger partial charge in [0, 0.05) is 5.69 Å². The molecule has 0 saturated carbocycles. The fourth-order valence-electron chi connectivity index (χ4n) is 1.83. The molecule has 1 N–H and O–H groups in total. The van der Waals surface area contributed by atoms with E-state index in [0.717, 1.165) is 18.5 Å². The van der Waals surface area contributed by atoms with Crippen LogP contribution in [0.25, 0.3) is 0 Å². The van der Waals surface area contributed by atoms with Gasteiger partial charge in [-0.15, -0.1) is 0 Å². The van der Waals surface area contributed by atoms with Gasteiger partial charge in [0.15, 0.2) is 6.73 Å². The molecule has 0 aliphatic carbocycles. The molecule has 0 aliphatic rings. The molecule has 1 rings (SSSR count). The van der Waals surface area contributed by atoms with E-state index in [1.165, 1.54) is 11.1 Å². The molecule has 0 atom stereocenters. The molecule has 0 heterocycles. The number of hydrogen-bond acceptors (Lipinski definition) is 3. The molecule has 4 heteroatoms. The molecule has 0 radical (unpaired) electrons. The maximum absolute atomic E-state index is 11.9. The first-order chi connectivity index (χ1) is 9.65. The van der Waals surface area contributed by atoms with Crippen molar-refractivity contribution in [2.45, 2.75) is 46.0 Å². The van der Waals surface area contributed by atoms with E-state index in [1.807, 2.05) is 0 Å². The smallest absolute Gasteiger partial charge is 0.152 e. The molecule has 0 unspecified atom stereocenters. The van der Waals surface area contributed by atoms with E-state index in [9.17, 15) is 4.39 Å². The molecule has 0 aliphatic heterocycles. The number of alkyl halides is 1. The second-order valence-corrected chi connectivity index (χ2v) is 5.24. The Hall–Kier alpha value is -1.13. The number of unbranched alkanes of at least 4 members (excludes halogenated alkanes) is 2. The average molecular weight is 283 g/mol. The quantitative estimate of drug-likeness (QED) is 0.295. The van der Waals surface area contributed by atoms with Gasteiger partial charge < -0.3 is 5.32 Å². The molecule has 3 nitrogen and oxygen atoms in total. The molecule has 1 aromatic rings. The van der Waals surface area contributed by atoms with Crippen molar-refractivity contribution >= 4 is 5.69 Å². The maximum Gasteiger partial charge on any atom is 0.152 e. The third-order valence-corrected chi connectivity index (χ3v) is 3.19. The average Bonchev–Trinajstić information content (AvgIpc) is 2.43. The number of benzene rings is 1. The van der Waals surface area contributed by atoms with Gasteiger partial charge >= 0.3 is 0 Å². The van der Waals surface area contributed by atoms with Gasteiger partial charge in [0.1, 0.15) is 0 Å². The number of aryl methyl sites for hydroxylation is 1. The van der Waals surface area contributed by atoms with Gasteiger partial charge in [-0.3, -0.25) is 4.39 Å². The zero-order valence-corrected chi connectivity index (χ0v) is 12.7. The second kappa shape index (κ2) is 9.72. The summed E-state index contributed by atoms with van der Waals surface area (Å²) in [5, 5.41) is 3.20.